The van der Waals surface area contributed by atoms with E-state index in [1.807, 2.05) is 0 Å². The van der Waals surface area contributed by atoms with E-state index >= 15 is 0 Å². The van der Waals surface area contributed by atoms with Crippen LogP contribution in [0.4, 0.5) is 0 Å². The Labute approximate surface area is 105 Å². The molecule has 1 atom stereocenters. The molecule has 0 rings (SSSR count). The van der Waals surface area contributed by atoms with Crippen LogP contribution in [0.25, 0.3) is 0 Å². The second-order valence-electron chi connectivity index (χ2n) is 4.62. The molecule has 4 nitrogen and oxygen atoms in total. The van der Waals surface area contributed by atoms with E-state index in [9.17, 15) is 10.0 Å². The largest absolute Gasteiger partial charge is 0.320 e. The molecule has 0 heterocycles. The monoisotopic (exact) mass is 244 g/mol. The van der Waals surface area contributed by atoms with Crippen molar-refractivity contribution in [1.82, 2.24) is 5.06 Å². The number of hydrogen-bond donors (Lipinski definition) is 2. The molecule has 1 amide bonds. The molecule has 0 radical (unpaired) electrons. The van der Waals surface area contributed by atoms with Crippen LogP contribution in [-0.2, 0) is 4.79 Å². The molecule has 0 aliphatic heterocycles. The van der Waals surface area contributed by atoms with Crippen LogP contribution in [-0.4, -0.2) is 28.8 Å². The smallest absolute Gasteiger partial charge is 0.262 e. The van der Waals surface area contributed by atoms with E-state index in [0.29, 0.717) is 13.0 Å². The van der Waals surface area contributed by atoms with E-state index < -0.39 is 6.04 Å². The van der Waals surface area contributed by atoms with Gasteiger partial charge in [0.05, 0.1) is 6.04 Å². The Morgan fingerprint density at radius 1 is 1.12 bits per heavy atom. The first-order valence-electron chi connectivity index (χ1n) is 6.89. The molecule has 0 saturated heterocycles. The zero-order chi connectivity index (χ0) is 13.1. The molecule has 0 spiro atoms. The Balaban J connectivity index is 3.65. The molecule has 0 bridgehead atoms. The maximum absolute atomic E-state index is 11.6. The summed E-state index contributed by atoms with van der Waals surface area (Å²) in [5.74, 6) is -0.339. The van der Waals surface area contributed by atoms with Crippen molar-refractivity contribution in [2.24, 2.45) is 5.73 Å². The van der Waals surface area contributed by atoms with Crippen LogP contribution in [0.5, 0.6) is 0 Å². The van der Waals surface area contributed by atoms with Gasteiger partial charge in [0.2, 0.25) is 0 Å². The van der Waals surface area contributed by atoms with E-state index in [1.165, 1.54) is 19.3 Å². The van der Waals surface area contributed by atoms with Crippen LogP contribution >= 0.6 is 0 Å². The second kappa shape index (κ2) is 10.5. The lowest BCUT2D eigenvalue weighted by Crippen LogP contribution is -2.42. The van der Waals surface area contributed by atoms with Crippen molar-refractivity contribution in [2.45, 2.75) is 71.3 Å². The molecule has 0 aromatic heterocycles. The van der Waals surface area contributed by atoms with Gasteiger partial charge in [-0.15, -0.1) is 0 Å². The lowest BCUT2D eigenvalue weighted by molar-refractivity contribution is -0.167. The fourth-order valence-corrected chi connectivity index (χ4v) is 1.71. The van der Waals surface area contributed by atoms with Crippen LogP contribution in [0.3, 0.4) is 0 Å². The minimum Gasteiger partial charge on any atom is -0.320 e. The summed E-state index contributed by atoms with van der Waals surface area (Å²) in [6.07, 6.45) is 8.09. The van der Waals surface area contributed by atoms with E-state index in [4.69, 9.17) is 5.73 Å². The predicted molar refractivity (Wildman–Crippen MR) is 69.8 cm³/mol. The van der Waals surface area contributed by atoms with Gasteiger partial charge in [0.1, 0.15) is 0 Å². The molecule has 0 saturated carbocycles. The number of carbonyl (C=O) groups excluding carboxylic acids is 1. The van der Waals surface area contributed by atoms with Gasteiger partial charge in [0.15, 0.2) is 0 Å². The zero-order valence-electron chi connectivity index (χ0n) is 11.3. The third kappa shape index (κ3) is 8.16. The normalized spacial score (nSPS) is 12.5. The molecule has 1 unspecified atom stereocenters. The molecule has 0 aliphatic rings. The summed E-state index contributed by atoms with van der Waals surface area (Å²) in [4.78, 5) is 11.6. The number of unbranched alkanes of at least 4 members (excludes halogenated alkanes) is 5. The molecule has 0 fully saturated rings. The van der Waals surface area contributed by atoms with Crippen LogP contribution in [0, 0.1) is 0 Å². The minimum atomic E-state index is -0.546. The standard InChI is InChI=1S/C13H28N2O2/c1-3-5-7-8-9-11-15(17)13(16)12(14)10-6-4-2/h12,17H,3-11,14H2,1-2H3. The Bertz CT molecular complexity index is 198. The van der Waals surface area contributed by atoms with E-state index in [-0.39, 0.29) is 5.91 Å². The maximum atomic E-state index is 11.6. The van der Waals surface area contributed by atoms with Gasteiger partial charge in [0, 0.05) is 6.54 Å². The molecule has 0 aliphatic carbocycles. The summed E-state index contributed by atoms with van der Waals surface area (Å²) in [5, 5.41) is 10.3. The topological polar surface area (TPSA) is 66.6 Å². The first-order valence-corrected chi connectivity index (χ1v) is 6.89. The summed E-state index contributed by atoms with van der Waals surface area (Å²) >= 11 is 0. The van der Waals surface area contributed by atoms with E-state index in [1.54, 1.807) is 0 Å². The number of carbonyl (C=O) groups is 1. The van der Waals surface area contributed by atoms with Crippen molar-refractivity contribution < 1.29 is 10.0 Å². The van der Waals surface area contributed by atoms with Gasteiger partial charge in [-0.2, -0.15) is 0 Å². The van der Waals surface area contributed by atoms with Gasteiger partial charge in [-0.05, 0) is 12.8 Å². The first kappa shape index (κ1) is 16.4. The summed E-state index contributed by atoms with van der Waals surface area (Å²) in [6, 6.07) is -0.546. The maximum Gasteiger partial charge on any atom is 0.262 e. The number of hydroxylamine groups is 2. The average molecular weight is 244 g/mol. The average Bonchev–Trinajstić information content (AvgIpc) is 2.34. The second-order valence-corrected chi connectivity index (χ2v) is 4.62. The molecule has 0 aromatic rings. The van der Waals surface area contributed by atoms with Crippen molar-refractivity contribution in [3.8, 4) is 0 Å². The molecule has 17 heavy (non-hydrogen) atoms. The highest BCUT2D eigenvalue weighted by Crippen LogP contribution is 2.05. The number of rotatable bonds is 10. The van der Waals surface area contributed by atoms with Crippen LogP contribution in [0.2, 0.25) is 0 Å². The van der Waals surface area contributed by atoms with Crippen molar-refractivity contribution in [3.63, 3.8) is 0 Å². The highest BCUT2D eigenvalue weighted by molar-refractivity contribution is 5.80. The third-order valence-corrected chi connectivity index (χ3v) is 2.91. The highest BCUT2D eigenvalue weighted by Gasteiger charge is 2.18. The van der Waals surface area contributed by atoms with Gasteiger partial charge >= 0.3 is 0 Å². The summed E-state index contributed by atoms with van der Waals surface area (Å²) in [7, 11) is 0. The lowest BCUT2D eigenvalue weighted by Gasteiger charge is -2.19. The van der Waals surface area contributed by atoms with Crippen molar-refractivity contribution in [1.29, 1.82) is 0 Å². The molecular formula is C13H28N2O2. The number of nitrogens with two attached hydrogens (primary N) is 1. The minimum absolute atomic E-state index is 0.339. The fourth-order valence-electron chi connectivity index (χ4n) is 1.71. The van der Waals surface area contributed by atoms with Crippen LogP contribution < -0.4 is 5.73 Å². The lowest BCUT2D eigenvalue weighted by atomic mass is 10.1. The van der Waals surface area contributed by atoms with Crippen LogP contribution in [0.15, 0.2) is 0 Å². The Morgan fingerprint density at radius 2 is 1.71 bits per heavy atom. The molecular weight excluding hydrogens is 216 g/mol. The predicted octanol–water partition coefficient (Wildman–Crippen LogP) is 2.69. The van der Waals surface area contributed by atoms with Crippen molar-refractivity contribution in [3.05, 3.63) is 0 Å². The zero-order valence-corrected chi connectivity index (χ0v) is 11.3. The first-order chi connectivity index (χ1) is 8.13. The molecule has 4 heteroatoms. The van der Waals surface area contributed by atoms with Gasteiger partial charge in [-0.3, -0.25) is 10.0 Å². The molecule has 3 N–H and O–H groups in total. The molecule has 102 valence electrons. The van der Waals surface area contributed by atoms with Crippen LogP contribution in [0.1, 0.15) is 65.2 Å². The van der Waals surface area contributed by atoms with E-state index in [0.717, 1.165) is 30.7 Å². The quantitative estimate of drug-likeness (QED) is 0.353. The number of hydrogen-bond acceptors (Lipinski definition) is 3. The SMILES string of the molecule is CCCCCCCN(O)C(=O)C(N)CCCC. The number of amides is 1. The Morgan fingerprint density at radius 3 is 2.29 bits per heavy atom. The summed E-state index contributed by atoms with van der Waals surface area (Å²) < 4.78 is 0. The summed E-state index contributed by atoms with van der Waals surface area (Å²) in [5.41, 5.74) is 5.70. The van der Waals surface area contributed by atoms with Gasteiger partial charge < -0.3 is 5.73 Å². The van der Waals surface area contributed by atoms with Gasteiger partial charge in [0.25, 0.3) is 5.91 Å². The number of nitrogens with zero attached hydrogens (tertiary/aromatic N) is 1. The Kier molecular flexibility index (Phi) is 10.2. The van der Waals surface area contributed by atoms with Crippen molar-refractivity contribution >= 4 is 5.91 Å². The summed E-state index contributed by atoms with van der Waals surface area (Å²) in [6.45, 7) is 4.62. The highest BCUT2D eigenvalue weighted by atomic mass is 16.5. The fraction of sp³-hybridized carbons (Fsp3) is 0.923. The van der Waals surface area contributed by atoms with Gasteiger partial charge in [-0.1, -0.05) is 52.4 Å². The molecule has 0 aromatic carbocycles. The third-order valence-electron chi connectivity index (χ3n) is 2.91. The van der Waals surface area contributed by atoms with E-state index in [2.05, 4.69) is 13.8 Å². The van der Waals surface area contributed by atoms with Gasteiger partial charge in [-0.25, -0.2) is 5.06 Å². The Hall–Kier alpha value is -0.610. The van der Waals surface area contributed by atoms with Crippen molar-refractivity contribution in [2.75, 3.05) is 6.54 Å².